The fraction of sp³-hybridized carbons (Fsp3) is 0.588. The molecule has 102 valence electrons. The molecule has 2 saturated carbocycles. The van der Waals surface area contributed by atoms with Crippen molar-refractivity contribution in [1.82, 2.24) is 0 Å². The van der Waals surface area contributed by atoms with Gasteiger partial charge in [-0.05, 0) is 55.9 Å². The smallest absolute Gasteiger partial charge is 0.310 e. The van der Waals surface area contributed by atoms with Gasteiger partial charge >= 0.3 is 5.97 Å². The maximum atomic E-state index is 11.6. The Bertz CT molecular complexity index is 463. The lowest BCUT2D eigenvalue weighted by Crippen LogP contribution is -2.19. The van der Waals surface area contributed by atoms with Crippen molar-refractivity contribution in [2.75, 3.05) is 0 Å². The second kappa shape index (κ2) is 4.99. The van der Waals surface area contributed by atoms with E-state index in [0.29, 0.717) is 5.92 Å². The van der Waals surface area contributed by atoms with Gasteiger partial charge in [-0.25, -0.2) is 0 Å². The highest BCUT2D eigenvalue weighted by Gasteiger charge is 2.41. The van der Waals surface area contributed by atoms with Crippen molar-refractivity contribution in [3.05, 3.63) is 35.4 Å². The summed E-state index contributed by atoms with van der Waals surface area (Å²) in [6, 6.07) is 8.01. The number of carboxylic acids is 1. The number of hydrogen-bond acceptors (Lipinski definition) is 1. The maximum Gasteiger partial charge on any atom is 0.310 e. The molecule has 4 atom stereocenters. The summed E-state index contributed by atoms with van der Waals surface area (Å²) in [4.78, 5) is 11.6. The molecule has 2 fully saturated rings. The minimum absolute atomic E-state index is 0.315. The third kappa shape index (κ3) is 2.54. The summed E-state index contributed by atoms with van der Waals surface area (Å²) in [5.74, 6) is 1.36. The van der Waals surface area contributed by atoms with Gasteiger partial charge in [-0.15, -0.1) is 0 Å². The SMILES string of the molecule is Cc1ccc(C(CC2CC3CCC2C3)C(=O)O)cc1. The normalized spacial score (nSPS) is 30.5. The van der Waals surface area contributed by atoms with Crippen LogP contribution in [0, 0.1) is 24.7 Å². The topological polar surface area (TPSA) is 37.3 Å². The lowest BCUT2D eigenvalue weighted by Gasteiger charge is -2.25. The molecule has 0 aliphatic heterocycles. The fourth-order valence-corrected chi connectivity index (χ4v) is 4.15. The van der Waals surface area contributed by atoms with Crippen LogP contribution in [0.5, 0.6) is 0 Å². The molecule has 0 saturated heterocycles. The zero-order valence-corrected chi connectivity index (χ0v) is 11.5. The monoisotopic (exact) mass is 258 g/mol. The number of carbonyl (C=O) groups is 1. The molecule has 2 heteroatoms. The van der Waals surface area contributed by atoms with Gasteiger partial charge in [0, 0.05) is 0 Å². The lowest BCUT2D eigenvalue weighted by atomic mass is 9.80. The molecule has 2 aliphatic carbocycles. The third-order valence-electron chi connectivity index (χ3n) is 5.20. The fourth-order valence-electron chi connectivity index (χ4n) is 4.15. The van der Waals surface area contributed by atoms with Crippen LogP contribution < -0.4 is 0 Å². The molecule has 2 aliphatic rings. The number of aryl methyl sites for hydroxylation is 1. The number of benzene rings is 1. The molecular weight excluding hydrogens is 236 g/mol. The molecule has 0 heterocycles. The predicted octanol–water partition coefficient (Wildman–Crippen LogP) is 3.99. The van der Waals surface area contributed by atoms with Crippen LogP contribution in [0.3, 0.4) is 0 Å². The van der Waals surface area contributed by atoms with Crippen molar-refractivity contribution in [2.24, 2.45) is 17.8 Å². The second-order valence-electron chi connectivity index (χ2n) is 6.47. The Morgan fingerprint density at radius 3 is 2.53 bits per heavy atom. The molecule has 0 aromatic heterocycles. The zero-order valence-electron chi connectivity index (χ0n) is 11.5. The summed E-state index contributed by atoms with van der Waals surface area (Å²) in [5.41, 5.74) is 2.16. The van der Waals surface area contributed by atoms with E-state index < -0.39 is 5.97 Å². The summed E-state index contributed by atoms with van der Waals surface area (Å²) in [7, 11) is 0. The van der Waals surface area contributed by atoms with Crippen molar-refractivity contribution in [3.63, 3.8) is 0 Å². The highest BCUT2D eigenvalue weighted by molar-refractivity contribution is 5.76. The molecule has 1 aromatic rings. The molecule has 19 heavy (non-hydrogen) atoms. The lowest BCUT2D eigenvalue weighted by molar-refractivity contribution is -0.139. The first kappa shape index (κ1) is 12.7. The Morgan fingerprint density at radius 2 is 2.00 bits per heavy atom. The number of fused-ring (bicyclic) bond motifs is 2. The first-order valence-corrected chi connectivity index (χ1v) is 7.43. The van der Waals surface area contributed by atoms with Crippen molar-refractivity contribution in [2.45, 2.75) is 44.9 Å². The molecular formula is C17H22O2. The van der Waals surface area contributed by atoms with E-state index in [9.17, 15) is 9.90 Å². The first-order chi connectivity index (χ1) is 9.13. The molecule has 0 amide bonds. The molecule has 1 N–H and O–H groups in total. The predicted molar refractivity (Wildman–Crippen MR) is 75.1 cm³/mol. The highest BCUT2D eigenvalue weighted by Crippen LogP contribution is 2.51. The summed E-state index contributed by atoms with van der Waals surface area (Å²) >= 11 is 0. The third-order valence-corrected chi connectivity index (χ3v) is 5.20. The van der Waals surface area contributed by atoms with E-state index in [2.05, 4.69) is 0 Å². The van der Waals surface area contributed by atoms with Crippen LogP contribution in [0.25, 0.3) is 0 Å². The number of aliphatic carboxylic acids is 1. The van der Waals surface area contributed by atoms with Crippen molar-refractivity contribution in [3.8, 4) is 0 Å². The van der Waals surface area contributed by atoms with Gasteiger partial charge in [-0.1, -0.05) is 36.2 Å². The van der Waals surface area contributed by atoms with Gasteiger partial charge in [0.15, 0.2) is 0 Å². The van der Waals surface area contributed by atoms with E-state index in [1.54, 1.807) is 0 Å². The maximum absolute atomic E-state index is 11.6. The van der Waals surface area contributed by atoms with Crippen LogP contribution in [-0.4, -0.2) is 11.1 Å². The second-order valence-corrected chi connectivity index (χ2v) is 6.47. The zero-order chi connectivity index (χ0) is 13.4. The largest absolute Gasteiger partial charge is 0.481 e. The molecule has 0 spiro atoms. The van der Waals surface area contributed by atoms with E-state index >= 15 is 0 Å². The first-order valence-electron chi connectivity index (χ1n) is 7.43. The van der Waals surface area contributed by atoms with Crippen LogP contribution in [0.1, 0.15) is 49.1 Å². The number of carboxylic acid groups (broad SMARTS) is 1. The van der Waals surface area contributed by atoms with Gasteiger partial charge in [0.25, 0.3) is 0 Å². The summed E-state index contributed by atoms with van der Waals surface area (Å²) < 4.78 is 0. The van der Waals surface area contributed by atoms with E-state index in [1.807, 2.05) is 31.2 Å². The summed E-state index contributed by atoms with van der Waals surface area (Å²) in [6.45, 7) is 2.04. The summed E-state index contributed by atoms with van der Waals surface area (Å²) in [6.07, 6.45) is 6.16. The molecule has 2 nitrogen and oxygen atoms in total. The average Bonchev–Trinajstić information content (AvgIpc) is 2.99. The highest BCUT2D eigenvalue weighted by atomic mass is 16.4. The number of rotatable bonds is 4. The van der Waals surface area contributed by atoms with Gasteiger partial charge in [-0.2, -0.15) is 0 Å². The molecule has 1 aromatic carbocycles. The Morgan fingerprint density at radius 1 is 1.26 bits per heavy atom. The van der Waals surface area contributed by atoms with E-state index in [1.165, 1.54) is 31.2 Å². The Labute approximate surface area is 114 Å². The quantitative estimate of drug-likeness (QED) is 0.886. The minimum atomic E-state index is -0.661. The van der Waals surface area contributed by atoms with Crippen LogP contribution >= 0.6 is 0 Å². The van der Waals surface area contributed by atoms with Gasteiger partial charge in [-0.3, -0.25) is 4.79 Å². The number of hydrogen-bond donors (Lipinski definition) is 1. The van der Waals surface area contributed by atoms with Crippen molar-refractivity contribution in [1.29, 1.82) is 0 Å². The Balaban J connectivity index is 1.74. The van der Waals surface area contributed by atoms with Crippen LogP contribution in [0.15, 0.2) is 24.3 Å². The molecule has 2 bridgehead atoms. The van der Waals surface area contributed by atoms with E-state index in [4.69, 9.17) is 0 Å². The van der Waals surface area contributed by atoms with E-state index in [0.717, 1.165) is 23.8 Å². The van der Waals surface area contributed by atoms with Gasteiger partial charge in [0.2, 0.25) is 0 Å². The van der Waals surface area contributed by atoms with Crippen molar-refractivity contribution >= 4 is 5.97 Å². The Hall–Kier alpha value is -1.31. The van der Waals surface area contributed by atoms with Gasteiger partial charge in [0.1, 0.15) is 0 Å². The molecule has 4 unspecified atom stereocenters. The molecule has 0 radical (unpaired) electrons. The standard InChI is InChI=1S/C17H22O2/c1-11-2-5-13(6-3-11)16(17(18)19)10-15-9-12-4-7-14(15)8-12/h2-3,5-6,12,14-16H,4,7-10H2,1H3,(H,18,19). The van der Waals surface area contributed by atoms with Crippen LogP contribution in [0.4, 0.5) is 0 Å². The van der Waals surface area contributed by atoms with E-state index in [-0.39, 0.29) is 5.92 Å². The van der Waals surface area contributed by atoms with Crippen LogP contribution in [0.2, 0.25) is 0 Å². The van der Waals surface area contributed by atoms with Gasteiger partial charge in [0.05, 0.1) is 5.92 Å². The molecule has 3 rings (SSSR count). The van der Waals surface area contributed by atoms with Crippen molar-refractivity contribution < 1.29 is 9.90 Å². The average molecular weight is 258 g/mol. The Kier molecular flexibility index (Phi) is 3.34. The van der Waals surface area contributed by atoms with Crippen LogP contribution in [-0.2, 0) is 4.79 Å². The summed E-state index contributed by atoms with van der Waals surface area (Å²) in [5, 5.41) is 9.53. The minimum Gasteiger partial charge on any atom is -0.481 e. The van der Waals surface area contributed by atoms with Gasteiger partial charge < -0.3 is 5.11 Å².